The molecule has 1 aliphatic rings. The zero-order valence-electron chi connectivity index (χ0n) is 18.1. The summed E-state index contributed by atoms with van der Waals surface area (Å²) < 4.78 is 17.7. The van der Waals surface area contributed by atoms with E-state index in [2.05, 4.69) is 22.0 Å². The molecule has 1 atom stereocenters. The number of hydrogen-bond acceptors (Lipinski definition) is 6. The number of fused-ring (bicyclic) bond motifs is 1. The van der Waals surface area contributed by atoms with Gasteiger partial charge in [-0.15, -0.1) is 0 Å². The highest BCUT2D eigenvalue weighted by molar-refractivity contribution is 9.10. The molecule has 0 spiro atoms. The lowest BCUT2D eigenvalue weighted by Gasteiger charge is -2.26. The molecule has 1 aliphatic heterocycles. The van der Waals surface area contributed by atoms with E-state index in [1.807, 2.05) is 56.3 Å². The highest BCUT2D eigenvalue weighted by atomic mass is 79.9. The van der Waals surface area contributed by atoms with Crippen molar-refractivity contribution in [3.63, 3.8) is 0 Å². The summed E-state index contributed by atoms with van der Waals surface area (Å²) in [5, 5.41) is 9.69. The summed E-state index contributed by atoms with van der Waals surface area (Å²) in [5.74, 6) is 0.480. The first kappa shape index (κ1) is 22.4. The van der Waals surface area contributed by atoms with Crippen LogP contribution in [0.25, 0.3) is 0 Å². The van der Waals surface area contributed by atoms with Crippen molar-refractivity contribution in [1.29, 1.82) is 5.26 Å². The molecule has 0 fully saturated rings. The molecule has 166 valence electrons. The van der Waals surface area contributed by atoms with Gasteiger partial charge in [-0.25, -0.2) is 4.79 Å². The fourth-order valence-electron chi connectivity index (χ4n) is 3.85. The number of nitrogens with zero attached hydrogens (tertiary/aromatic N) is 1. The molecule has 1 heterocycles. The second-order valence-corrected chi connectivity index (χ2v) is 8.58. The fourth-order valence-corrected chi connectivity index (χ4v) is 4.26. The molecule has 0 saturated carbocycles. The average Bonchev–Trinajstić information content (AvgIpc) is 2.77. The second-order valence-electron chi connectivity index (χ2n) is 7.66. The Bertz CT molecular complexity index is 1290. The average molecular weight is 505 g/mol. The Morgan fingerprint density at radius 3 is 2.55 bits per heavy atom. The van der Waals surface area contributed by atoms with Gasteiger partial charge in [0, 0.05) is 16.1 Å². The summed E-state index contributed by atoms with van der Waals surface area (Å²) in [5.41, 5.74) is 9.91. The molecule has 3 aromatic carbocycles. The van der Waals surface area contributed by atoms with Crippen LogP contribution in [-0.2, 0) is 4.79 Å². The number of allylic oxidation sites excluding steroid dienone is 1. The van der Waals surface area contributed by atoms with Crippen LogP contribution in [-0.4, -0.2) is 12.6 Å². The minimum Gasteiger partial charge on any atom is -0.481 e. The van der Waals surface area contributed by atoms with Crippen LogP contribution in [0, 0.1) is 25.2 Å². The third kappa shape index (κ3) is 4.71. The fraction of sp³-hybridized carbons (Fsp3) is 0.154. The van der Waals surface area contributed by atoms with Crippen molar-refractivity contribution in [3.05, 3.63) is 98.8 Å². The number of benzene rings is 3. The zero-order valence-corrected chi connectivity index (χ0v) is 19.7. The predicted octanol–water partition coefficient (Wildman–Crippen LogP) is 5.27. The Balaban J connectivity index is 1.56. The van der Waals surface area contributed by atoms with E-state index in [9.17, 15) is 10.1 Å². The smallest absolute Gasteiger partial charge is 0.349 e. The van der Waals surface area contributed by atoms with Crippen LogP contribution in [0.15, 0.2) is 76.6 Å². The van der Waals surface area contributed by atoms with E-state index >= 15 is 0 Å². The molecule has 0 aromatic heterocycles. The van der Waals surface area contributed by atoms with Crippen molar-refractivity contribution in [3.8, 4) is 23.3 Å². The first-order chi connectivity index (χ1) is 15.9. The minimum absolute atomic E-state index is 0.0248. The molecule has 0 saturated heterocycles. The number of carbonyl (C=O) groups is 1. The number of halogens is 1. The van der Waals surface area contributed by atoms with Gasteiger partial charge >= 0.3 is 5.97 Å². The largest absolute Gasteiger partial charge is 0.481 e. The maximum Gasteiger partial charge on any atom is 0.349 e. The molecular weight excluding hydrogens is 484 g/mol. The molecule has 6 nitrogen and oxygen atoms in total. The topological polar surface area (TPSA) is 94.6 Å². The number of rotatable bonds is 5. The number of esters is 1. The van der Waals surface area contributed by atoms with Gasteiger partial charge in [-0.3, -0.25) is 0 Å². The lowest BCUT2D eigenvalue weighted by Crippen LogP contribution is -2.22. The van der Waals surface area contributed by atoms with Gasteiger partial charge < -0.3 is 19.9 Å². The van der Waals surface area contributed by atoms with Crippen LogP contribution in [0.3, 0.4) is 0 Å². The molecular formula is C26H21BrN2O4. The van der Waals surface area contributed by atoms with Gasteiger partial charge in [0.15, 0.2) is 6.61 Å². The normalized spacial score (nSPS) is 14.7. The summed E-state index contributed by atoms with van der Waals surface area (Å²) >= 11 is 3.47. The van der Waals surface area contributed by atoms with Crippen molar-refractivity contribution in [2.75, 3.05) is 6.61 Å². The van der Waals surface area contributed by atoms with E-state index in [-0.39, 0.29) is 12.5 Å². The van der Waals surface area contributed by atoms with E-state index in [1.54, 1.807) is 18.2 Å². The van der Waals surface area contributed by atoms with Crippen LogP contribution >= 0.6 is 15.9 Å². The first-order valence-electron chi connectivity index (χ1n) is 10.2. The van der Waals surface area contributed by atoms with Gasteiger partial charge in [-0.05, 0) is 48.7 Å². The zero-order chi connectivity index (χ0) is 23.5. The molecule has 1 unspecified atom stereocenters. The lowest BCUT2D eigenvalue weighted by molar-refractivity contribution is -0.136. The standard InChI is InChI=1S/C26H21BrN2O4/c1-15-5-3-6-16(2)25(15)31-14-23(30)32-19-9-10-20-22(12-19)33-26(29)21(13-28)24(20)17-7-4-8-18(27)11-17/h3-12,24H,14,29H2,1-2H3. The summed E-state index contributed by atoms with van der Waals surface area (Å²) in [6.07, 6.45) is 0. The Morgan fingerprint density at radius 2 is 1.85 bits per heavy atom. The van der Waals surface area contributed by atoms with Gasteiger partial charge in [0.1, 0.15) is 28.9 Å². The van der Waals surface area contributed by atoms with Crippen molar-refractivity contribution < 1.29 is 19.0 Å². The minimum atomic E-state index is -0.543. The third-order valence-corrected chi connectivity index (χ3v) is 5.84. The number of carbonyl (C=O) groups excluding carboxylic acids is 1. The maximum absolute atomic E-state index is 12.4. The van der Waals surface area contributed by atoms with E-state index in [1.165, 1.54) is 0 Å². The molecule has 33 heavy (non-hydrogen) atoms. The predicted molar refractivity (Wildman–Crippen MR) is 127 cm³/mol. The van der Waals surface area contributed by atoms with Crippen LogP contribution < -0.4 is 19.9 Å². The highest BCUT2D eigenvalue weighted by Gasteiger charge is 2.31. The maximum atomic E-state index is 12.4. The van der Waals surface area contributed by atoms with Gasteiger partial charge in [0.25, 0.3) is 0 Å². The summed E-state index contributed by atoms with van der Waals surface area (Å²) in [6, 6.07) is 20.6. The van der Waals surface area contributed by atoms with Crippen LogP contribution in [0.5, 0.6) is 17.2 Å². The van der Waals surface area contributed by atoms with Crippen molar-refractivity contribution in [2.24, 2.45) is 5.73 Å². The molecule has 0 bridgehead atoms. The van der Waals surface area contributed by atoms with Crippen LogP contribution in [0.1, 0.15) is 28.2 Å². The molecule has 3 aromatic rings. The molecule has 0 aliphatic carbocycles. The highest BCUT2D eigenvalue weighted by Crippen LogP contribution is 2.43. The van der Waals surface area contributed by atoms with Crippen LogP contribution in [0.2, 0.25) is 0 Å². The summed E-state index contributed by atoms with van der Waals surface area (Å²) in [6.45, 7) is 3.61. The monoisotopic (exact) mass is 504 g/mol. The molecule has 0 amide bonds. The van der Waals surface area contributed by atoms with E-state index < -0.39 is 11.9 Å². The van der Waals surface area contributed by atoms with Gasteiger partial charge in [0.05, 0.1) is 5.92 Å². The molecule has 2 N–H and O–H groups in total. The van der Waals surface area contributed by atoms with Crippen molar-refractivity contribution in [1.82, 2.24) is 0 Å². The second kappa shape index (κ2) is 9.39. The summed E-state index contributed by atoms with van der Waals surface area (Å²) in [4.78, 5) is 12.4. The number of ether oxygens (including phenoxy) is 3. The number of nitrogens with two attached hydrogens (primary N) is 1. The van der Waals surface area contributed by atoms with E-state index in [0.717, 1.165) is 26.7 Å². The Kier molecular flexibility index (Phi) is 6.38. The number of nitriles is 1. The SMILES string of the molecule is Cc1cccc(C)c1OCC(=O)Oc1ccc2c(c1)OC(N)=C(C#N)C2c1cccc(Br)c1. The van der Waals surface area contributed by atoms with E-state index in [4.69, 9.17) is 19.9 Å². The number of hydrogen-bond donors (Lipinski definition) is 1. The van der Waals surface area contributed by atoms with Gasteiger partial charge in [-0.1, -0.05) is 52.3 Å². The quantitative estimate of drug-likeness (QED) is 0.375. The van der Waals surface area contributed by atoms with Crippen LogP contribution in [0.4, 0.5) is 0 Å². The first-order valence-corrected chi connectivity index (χ1v) is 11.0. The number of para-hydroxylation sites is 1. The molecule has 7 heteroatoms. The lowest BCUT2D eigenvalue weighted by atomic mass is 9.83. The Hall–Kier alpha value is -3.76. The number of aryl methyl sites for hydroxylation is 2. The van der Waals surface area contributed by atoms with Crippen molar-refractivity contribution in [2.45, 2.75) is 19.8 Å². The van der Waals surface area contributed by atoms with Gasteiger partial charge in [0.2, 0.25) is 5.88 Å². The third-order valence-electron chi connectivity index (χ3n) is 5.35. The Morgan fingerprint density at radius 1 is 1.12 bits per heavy atom. The molecule has 0 radical (unpaired) electrons. The summed E-state index contributed by atoms with van der Waals surface area (Å²) in [7, 11) is 0. The van der Waals surface area contributed by atoms with Crippen molar-refractivity contribution >= 4 is 21.9 Å². The Labute approximate surface area is 200 Å². The van der Waals surface area contributed by atoms with Gasteiger partial charge in [-0.2, -0.15) is 5.26 Å². The molecule has 4 rings (SSSR count). The van der Waals surface area contributed by atoms with E-state index in [0.29, 0.717) is 22.8 Å².